The maximum atomic E-state index is 14.2. The minimum atomic E-state index is -5.84. The smallest absolute Gasteiger partial charge is 0.497 e. The molecule has 7 nitrogen and oxygen atoms in total. The minimum Gasteiger partial charge on any atom is -0.497 e. The first-order valence-corrected chi connectivity index (χ1v) is 18.3. The minimum absolute atomic E-state index is 0.0621. The molecule has 0 aliphatic heterocycles. The normalized spacial score (nSPS) is 12.8. The number of benzene rings is 6. The lowest BCUT2D eigenvalue weighted by molar-refractivity contribution is -0.0435. The van der Waals surface area contributed by atoms with E-state index in [9.17, 15) is 26.7 Å². The molecule has 268 valence electrons. The quantitative estimate of drug-likeness (QED) is 0.137. The number of hydrogen-bond donors (Lipinski definition) is 2. The van der Waals surface area contributed by atoms with Crippen molar-refractivity contribution in [2.75, 3.05) is 12.4 Å². The molecule has 2 N–H and O–H groups in total. The van der Waals surface area contributed by atoms with Crippen LogP contribution in [0.2, 0.25) is 0 Å². The summed E-state index contributed by atoms with van der Waals surface area (Å²) in [4.78, 5) is -0.951. The molecule has 0 amide bonds. The van der Waals surface area contributed by atoms with Crippen LogP contribution in [0.25, 0.3) is 32.8 Å². The van der Waals surface area contributed by atoms with Gasteiger partial charge in [-0.25, -0.2) is 8.42 Å². The third kappa shape index (κ3) is 7.05. The Morgan fingerprint density at radius 2 is 1.25 bits per heavy atom. The van der Waals surface area contributed by atoms with Crippen LogP contribution in [0.3, 0.4) is 0 Å². The summed E-state index contributed by atoms with van der Waals surface area (Å²) in [5.41, 5.74) is -4.76. The molecule has 7 rings (SSSR count). The first-order chi connectivity index (χ1) is 25.5. The van der Waals surface area contributed by atoms with Crippen molar-refractivity contribution in [1.29, 1.82) is 0 Å². The van der Waals surface area contributed by atoms with Crippen LogP contribution in [-0.2, 0) is 22.7 Å². The van der Waals surface area contributed by atoms with Crippen molar-refractivity contribution in [3.63, 3.8) is 0 Å². The van der Waals surface area contributed by atoms with Gasteiger partial charge in [-0.3, -0.25) is 0 Å². The van der Waals surface area contributed by atoms with Gasteiger partial charge in [-0.1, -0.05) is 127 Å². The molecule has 0 fully saturated rings. The zero-order chi connectivity index (χ0) is 37.2. The zero-order valence-corrected chi connectivity index (χ0v) is 29.3. The summed E-state index contributed by atoms with van der Waals surface area (Å²) < 4.78 is 74.2. The van der Waals surface area contributed by atoms with Crippen LogP contribution in [-0.4, -0.2) is 41.9 Å². The third-order valence-corrected chi connectivity index (χ3v) is 10.9. The van der Waals surface area contributed by atoms with Crippen molar-refractivity contribution in [3.05, 3.63) is 162 Å². The summed E-state index contributed by atoms with van der Waals surface area (Å²) in [5, 5.41) is 26.8. The predicted molar refractivity (Wildman–Crippen MR) is 200 cm³/mol. The second-order valence-corrected chi connectivity index (χ2v) is 14.7. The zero-order valence-electron chi connectivity index (χ0n) is 28.5. The number of anilines is 1. The molecule has 0 spiro atoms. The number of aromatic nitrogens is 2. The molecule has 0 bridgehead atoms. The van der Waals surface area contributed by atoms with Gasteiger partial charge in [-0.2, -0.15) is 13.2 Å². The Kier molecular flexibility index (Phi) is 9.63. The molecule has 1 heterocycles. The molecular weight excluding hydrogens is 700 g/mol. The van der Waals surface area contributed by atoms with Crippen molar-refractivity contribution in [3.8, 4) is 17.0 Å². The second-order valence-electron chi connectivity index (χ2n) is 12.8. The van der Waals surface area contributed by atoms with E-state index in [1.807, 2.05) is 91.0 Å². The van der Waals surface area contributed by atoms with E-state index in [0.717, 1.165) is 22.8 Å². The van der Waals surface area contributed by atoms with E-state index in [-0.39, 0.29) is 35.3 Å². The van der Waals surface area contributed by atoms with Gasteiger partial charge in [0.05, 0.1) is 23.6 Å². The number of sulfone groups is 1. The summed E-state index contributed by atoms with van der Waals surface area (Å²) in [7, 11) is -4.43. The van der Waals surface area contributed by atoms with Crippen molar-refractivity contribution >= 4 is 37.2 Å². The van der Waals surface area contributed by atoms with Crippen LogP contribution in [0.4, 0.5) is 19.0 Å². The van der Waals surface area contributed by atoms with Crippen molar-refractivity contribution in [1.82, 2.24) is 10.2 Å². The molecule has 0 saturated carbocycles. The standard InChI is InChI=1S/C42H34F3N3O4S/c1-52-32-23-21-30-22-24-36(53(50,51)42(43,44)45)37(35(30)25-32)38-33-19-11-12-20-34(33)40(48-47-38)46-39(31-17-9-4-10-18-31)41(49,26-28-13-5-2-6-14-28)27-29-15-7-3-8-16-29/h2-25,39,49H,26-27H2,1H3,(H,46,48)/t39-/m0/s1. The molecule has 11 heteroatoms. The number of alkyl halides is 3. The van der Waals surface area contributed by atoms with Gasteiger partial charge in [0.1, 0.15) is 11.4 Å². The van der Waals surface area contributed by atoms with Crippen LogP contribution in [0, 0.1) is 0 Å². The molecule has 0 radical (unpaired) electrons. The Morgan fingerprint density at radius 3 is 1.83 bits per heavy atom. The lowest BCUT2D eigenvalue weighted by Gasteiger charge is -2.38. The van der Waals surface area contributed by atoms with Crippen molar-refractivity contribution in [2.24, 2.45) is 0 Å². The monoisotopic (exact) mass is 733 g/mol. The highest BCUT2D eigenvalue weighted by Gasteiger charge is 2.48. The summed E-state index contributed by atoms with van der Waals surface area (Å²) >= 11 is 0. The highest BCUT2D eigenvalue weighted by molar-refractivity contribution is 7.92. The summed E-state index contributed by atoms with van der Waals surface area (Å²) in [6.07, 6.45) is 0.518. The van der Waals surface area contributed by atoms with Gasteiger partial charge < -0.3 is 15.2 Å². The van der Waals surface area contributed by atoms with E-state index in [0.29, 0.717) is 21.9 Å². The van der Waals surface area contributed by atoms with E-state index in [1.54, 1.807) is 36.4 Å². The second kappa shape index (κ2) is 14.3. The molecule has 7 aromatic rings. The highest BCUT2D eigenvalue weighted by Crippen LogP contribution is 2.44. The Labute approximate surface area is 304 Å². The third-order valence-electron chi connectivity index (χ3n) is 9.37. The van der Waals surface area contributed by atoms with Gasteiger partial charge >= 0.3 is 5.51 Å². The van der Waals surface area contributed by atoms with Crippen LogP contribution < -0.4 is 10.1 Å². The van der Waals surface area contributed by atoms with Crippen LogP contribution >= 0.6 is 0 Å². The number of nitrogens with zero attached hydrogens (tertiary/aromatic N) is 2. The number of methoxy groups -OCH3 is 1. The van der Waals surface area contributed by atoms with E-state index in [2.05, 4.69) is 15.5 Å². The molecule has 53 heavy (non-hydrogen) atoms. The summed E-state index contributed by atoms with van der Waals surface area (Å²) in [6.45, 7) is 0. The fraction of sp³-hybridized carbons (Fsp3) is 0.143. The predicted octanol–water partition coefficient (Wildman–Crippen LogP) is 9.12. The summed E-state index contributed by atoms with van der Waals surface area (Å²) in [5.74, 6) is 0.563. The topological polar surface area (TPSA) is 101 Å². The lowest BCUT2D eigenvalue weighted by Crippen LogP contribution is -2.44. The van der Waals surface area contributed by atoms with Gasteiger partial charge in [0.2, 0.25) is 0 Å². The van der Waals surface area contributed by atoms with Crippen molar-refractivity contribution < 1.29 is 31.4 Å². The van der Waals surface area contributed by atoms with Gasteiger partial charge in [0.15, 0.2) is 5.82 Å². The number of halogens is 3. The summed E-state index contributed by atoms with van der Waals surface area (Å²) in [6, 6.07) is 41.8. The maximum absolute atomic E-state index is 14.2. The number of hydrogen-bond acceptors (Lipinski definition) is 7. The molecule has 1 aromatic heterocycles. The first-order valence-electron chi connectivity index (χ1n) is 16.8. The number of rotatable bonds is 11. The Morgan fingerprint density at radius 1 is 0.698 bits per heavy atom. The van der Waals surface area contributed by atoms with Gasteiger partial charge in [-0.15, -0.1) is 10.2 Å². The fourth-order valence-electron chi connectivity index (χ4n) is 6.87. The van der Waals surface area contributed by atoms with E-state index in [1.165, 1.54) is 19.2 Å². The molecule has 0 saturated heterocycles. The maximum Gasteiger partial charge on any atom is 0.501 e. The van der Waals surface area contributed by atoms with E-state index in [4.69, 9.17) is 4.74 Å². The largest absolute Gasteiger partial charge is 0.501 e. The number of aliphatic hydroxyl groups is 1. The first kappa shape index (κ1) is 35.6. The average molecular weight is 734 g/mol. The molecule has 0 unspecified atom stereocenters. The molecule has 6 aromatic carbocycles. The molecular formula is C42H34F3N3O4S. The van der Waals surface area contributed by atoms with Crippen LogP contribution in [0.15, 0.2) is 150 Å². The van der Waals surface area contributed by atoms with Crippen molar-refractivity contribution in [2.45, 2.75) is 34.9 Å². The Balaban J connectivity index is 1.44. The van der Waals surface area contributed by atoms with Gasteiger partial charge in [0.25, 0.3) is 9.84 Å². The van der Waals surface area contributed by atoms with E-state index < -0.39 is 31.9 Å². The lowest BCUT2D eigenvalue weighted by atomic mass is 9.79. The van der Waals surface area contributed by atoms with Gasteiger partial charge in [0, 0.05) is 29.2 Å². The number of nitrogens with one attached hydrogen (secondary N) is 1. The molecule has 1 atom stereocenters. The number of fused-ring (bicyclic) bond motifs is 2. The molecule has 0 aliphatic carbocycles. The Bertz CT molecular complexity index is 2460. The van der Waals surface area contributed by atoms with Crippen LogP contribution in [0.1, 0.15) is 22.7 Å². The van der Waals surface area contributed by atoms with Gasteiger partial charge in [-0.05, 0) is 45.7 Å². The van der Waals surface area contributed by atoms with Crippen LogP contribution in [0.5, 0.6) is 5.75 Å². The Hall–Kier alpha value is -5.78. The number of ether oxygens (including phenoxy) is 1. The average Bonchev–Trinajstić information content (AvgIpc) is 3.17. The molecule has 0 aliphatic rings. The SMILES string of the molecule is COc1ccc2ccc(S(=O)(=O)C(F)(F)F)c(-c3nnc(N[C@@H](c4ccccc4)C(O)(Cc4ccccc4)Cc4ccccc4)c4ccccc34)c2c1. The van der Waals surface area contributed by atoms with E-state index >= 15 is 0 Å². The highest BCUT2D eigenvalue weighted by atomic mass is 32.2. The fourth-order valence-corrected chi connectivity index (χ4v) is 7.84.